The van der Waals surface area contributed by atoms with Gasteiger partial charge in [0, 0.05) is 11.8 Å². The molecule has 0 aliphatic carbocycles. The van der Waals surface area contributed by atoms with Crippen LogP contribution in [-0.4, -0.2) is 29.1 Å². The molecule has 0 amide bonds. The van der Waals surface area contributed by atoms with Crippen LogP contribution in [0.1, 0.15) is 11.3 Å². The zero-order chi connectivity index (χ0) is 15.8. The summed E-state index contributed by atoms with van der Waals surface area (Å²) >= 11 is 0. The molecule has 0 spiro atoms. The van der Waals surface area contributed by atoms with Gasteiger partial charge in [-0.1, -0.05) is 18.2 Å². The molecule has 3 heterocycles. The Labute approximate surface area is 131 Å². The van der Waals surface area contributed by atoms with E-state index in [1.54, 1.807) is 29.4 Å². The van der Waals surface area contributed by atoms with Crippen molar-refractivity contribution in [3.8, 4) is 5.82 Å². The zero-order valence-electron chi connectivity index (χ0n) is 12.4. The van der Waals surface area contributed by atoms with Crippen molar-refractivity contribution in [1.82, 2.24) is 29.1 Å². The Morgan fingerprint density at radius 3 is 2.70 bits per heavy atom. The van der Waals surface area contributed by atoms with Crippen LogP contribution in [0.2, 0.25) is 0 Å². The average molecular weight is 308 g/mol. The first-order chi connectivity index (χ1) is 11.2. The molecule has 0 bridgehead atoms. The Hall–Kier alpha value is -3.09. The summed E-state index contributed by atoms with van der Waals surface area (Å²) < 4.78 is 17.5. The third kappa shape index (κ3) is 2.36. The normalized spacial score (nSPS) is 11.2. The van der Waals surface area contributed by atoms with E-state index in [0.717, 1.165) is 5.69 Å². The summed E-state index contributed by atoms with van der Waals surface area (Å²) in [4.78, 5) is 17.2. The van der Waals surface area contributed by atoms with Gasteiger partial charge in [0.15, 0.2) is 17.0 Å². The van der Waals surface area contributed by atoms with Crippen LogP contribution >= 0.6 is 0 Å². The van der Waals surface area contributed by atoms with Gasteiger partial charge in [-0.15, -0.1) is 0 Å². The van der Waals surface area contributed by atoms with Crippen molar-refractivity contribution in [2.75, 3.05) is 0 Å². The molecule has 6 nitrogen and oxygen atoms in total. The van der Waals surface area contributed by atoms with Crippen molar-refractivity contribution < 1.29 is 4.39 Å². The molecule has 23 heavy (non-hydrogen) atoms. The van der Waals surface area contributed by atoms with Gasteiger partial charge < -0.3 is 4.57 Å². The van der Waals surface area contributed by atoms with Gasteiger partial charge in [0.05, 0.1) is 18.6 Å². The monoisotopic (exact) mass is 308 g/mol. The predicted octanol–water partition coefficient (Wildman–Crippen LogP) is 2.51. The van der Waals surface area contributed by atoms with Gasteiger partial charge >= 0.3 is 0 Å². The van der Waals surface area contributed by atoms with E-state index in [1.807, 2.05) is 23.8 Å². The number of aromatic nitrogens is 6. The second-order valence-corrected chi connectivity index (χ2v) is 5.26. The lowest BCUT2D eigenvalue weighted by atomic mass is 10.2. The fourth-order valence-electron chi connectivity index (χ4n) is 2.52. The molecule has 0 saturated carbocycles. The number of halogens is 1. The quantitative estimate of drug-likeness (QED) is 0.583. The highest BCUT2D eigenvalue weighted by molar-refractivity contribution is 5.78. The Morgan fingerprint density at radius 1 is 1.04 bits per heavy atom. The SMILES string of the molecule is Cc1cn(-c2ncnc3c2ncn3Cc2ccccc2F)cn1. The predicted molar refractivity (Wildman–Crippen MR) is 82.7 cm³/mol. The van der Waals surface area contributed by atoms with E-state index < -0.39 is 0 Å². The molecule has 0 unspecified atom stereocenters. The maximum atomic E-state index is 13.8. The average Bonchev–Trinajstić information content (AvgIpc) is 3.16. The number of nitrogens with zero attached hydrogens (tertiary/aromatic N) is 6. The first kappa shape index (κ1) is 13.6. The lowest BCUT2D eigenvalue weighted by Crippen LogP contribution is -2.03. The van der Waals surface area contributed by atoms with Gasteiger partial charge in [0.1, 0.15) is 18.5 Å². The summed E-state index contributed by atoms with van der Waals surface area (Å²) in [5.74, 6) is 0.414. The van der Waals surface area contributed by atoms with Gasteiger partial charge in [-0.2, -0.15) is 0 Å². The molecule has 7 heteroatoms. The summed E-state index contributed by atoms with van der Waals surface area (Å²) in [5, 5.41) is 0. The second-order valence-electron chi connectivity index (χ2n) is 5.26. The van der Waals surface area contributed by atoms with Crippen LogP contribution in [-0.2, 0) is 6.54 Å². The van der Waals surface area contributed by atoms with Crippen molar-refractivity contribution in [3.05, 3.63) is 66.5 Å². The highest BCUT2D eigenvalue weighted by Crippen LogP contribution is 2.18. The molecular weight excluding hydrogens is 295 g/mol. The van der Waals surface area contributed by atoms with Crippen molar-refractivity contribution in [3.63, 3.8) is 0 Å². The highest BCUT2D eigenvalue weighted by atomic mass is 19.1. The van der Waals surface area contributed by atoms with Crippen molar-refractivity contribution in [2.24, 2.45) is 0 Å². The van der Waals surface area contributed by atoms with Gasteiger partial charge in [-0.25, -0.2) is 24.3 Å². The third-order valence-corrected chi connectivity index (χ3v) is 3.64. The maximum Gasteiger partial charge on any atom is 0.169 e. The summed E-state index contributed by atoms with van der Waals surface area (Å²) in [6.45, 7) is 2.27. The smallest absolute Gasteiger partial charge is 0.169 e. The molecular formula is C16H13FN6. The number of benzene rings is 1. The first-order valence-electron chi connectivity index (χ1n) is 7.12. The lowest BCUT2D eigenvalue weighted by Gasteiger charge is -2.06. The number of aryl methyl sites for hydroxylation is 1. The fraction of sp³-hybridized carbons (Fsp3) is 0.125. The minimum absolute atomic E-state index is 0.242. The zero-order valence-corrected chi connectivity index (χ0v) is 12.4. The molecule has 114 valence electrons. The van der Waals surface area contributed by atoms with Crippen LogP contribution in [0.15, 0.2) is 49.4 Å². The van der Waals surface area contributed by atoms with Crippen LogP contribution in [0.3, 0.4) is 0 Å². The number of fused-ring (bicyclic) bond motifs is 1. The second kappa shape index (κ2) is 5.28. The largest absolute Gasteiger partial charge is 0.311 e. The van der Waals surface area contributed by atoms with Crippen molar-refractivity contribution in [2.45, 2.75) is 13.5 Å². The van der Waals surface area contributed by atoms with E-state index in [-0.39, 0.29) is 5.82 Å². The molecule has 1 aromatic carbocycles. The molecule has 0 N–H and O–H groups in total. The minimum atomic E-state index is -0.242. The molecule has 0 aliphatic heterocycles. The summed E-state index contributed by atoms with van der Waals surface area (Å²) in [6, 6.07) is 6.68. The number of rotatable bonds is 3. The Balaban J connectivity index is 1.80. The van der Waals surface area contributed by atoms with Crippen LogP contribution in [0.5, 0.6) is 0 Å². The molecule has 4 rings (SSSR count). The lowest BCUT2D eigenvalue weighted by molar-refractivity contribution is 0.601. The van der Waals surface area contributed by atoms with Gasteiger partial charge in [-0.05, 0) is 13.0 Å². The number of hydrogen-bond acceptors (Lipinski definition) is 4. The summed E-state index contributed by atoms with van der Waals surface area (Å²) in [6.07, 6.45) is 6.69. The van der Waals surface area contributed by atoms with Gasteiger partial charge in [0.25, 0.3) is 0 Å². The number of hydrogen-bond donors (Lipinski definition) is 0. The Morgan fingerprint density at radius 2 is 1.91 bits per heavy atom. The molecule has 0 saturated heterocycles. The van der Waals surface area contributed by atoms with E-state index >= 15 is 0 Å². The van der Waals surface area contributed by atoms with E-state index in [2.05, 4.69) is 19.9 Å². The van der Waals surface area contributed by atoms with Crippen LogP contribution in [0.4, 0.5) is 4.39 Å². The Kier molecular flexibility index (Phi) is 3.11. The third-order valence-electron chi connectivity index (χ3n) is 3.64. The molecule has 3 aromatic heterocycles. The van der Waals surface area contributed by atoms with E-state index in [9.17, 15) is 4.39 Å². The molecule has 0 atom stereocenters. The van der Waals surface area contributed by atoms with Gasteiger partial charge in [0.2, 0.25) is 0 Å². The van der Waals surface area contributed by atoms with Crippen molar-refractivity contribution >= 4 is 11.2 Å². The van der Waals surface area contributed by atoms with Gasteiger partial charge in [-0.3, -0.25) is 4.57 Å². The molecule has 0 aliphatic rings. The topological polar surface area (TPSA) is 61.4 Å². The van der Waals surface area contributed by atoms with E-state index in [4.69, 9.17) is 0 Å². The minimum Gasteiger partial charge on any atom is -0.311 e. The van der Waals surface area contributed by atoms with E-state index in [0.29, 0.717) is 29.1 Å². The maximum absolute atomic E-state index is 13.8. The standard InChI is InChI=1S/C16H13FN6/c1-11-6-22(9-20-11)15-14-16(19-8-18-15)23(10-21-14)7-12-4-2-3-5-13(12)17/h2-6,8-10H,7H2,1H3. The Bertz CT molecular complexity index is 987. The van der Waals surface area contributed by atoms with Crippen molar-refractivity contribution in [1.29, 1.82) is 0 Å². The molecule has 0 fully saturated rings. The summed E-state index contributed by atoms with van der Waals surface area (Å²) in [5.41, 5.74) is 2.79. The van der Waals surface area contributed by atoms with E-state index in [1.165, 1.54) is 12.4 Å². The highest BCUT2D eigenvalue weighted by Gasteiger charge is 2.13. The van der Waals surface area contributed by atoms with Crippen LogP contribution in [0, 0.1) is 12.7 Å². The fourth-order valence-corrected chi connectivity index (χ4v) is 2.52. The van der Waals surface area contributed by atoms with Crippen LogP contribution < -0.4 is 0 Å². The van der Waals surface area contributed by atoms with Crippen LogP contribution in [0.25, 0.3) is 17.0 Å². The number of imidazole rings is 2. The summed E-state index contributed by atoms with van der Waals surface area (Å²) in [7, 11) is 0. The molecule has 0 radical (unpaired) electrons. The first-order valence-corrected chi connectivity index (χ1v) is 7.12. The molecule has 4 aromatic rings.